The van der Waals surface area contributed by atoms with Crippen LogP contribution in [0.2, 0.25) is 0 Å². The van der Waals surface area contributed by atoms with Crippen LogP contribution in [0.15, 0.2) is 53.0 Å². The zero-order valence-corrected chi connectivity index (χ0v) is 13.6. The van der Waals surface area contributed by atoms with Gasteiger partial charge in [-0.05, 0) is 36.8 Å². The summed E-state index contributed by atoms with van der Waals surface area (Å²) in [5, 5.41) is 3.43. The summed E-state index contributed by atoms with van der Waals surface area (Å²) >= 11 is 3.50. The van der Waals surface area contributed by atoms with Crippen LogP contribution in [0.1, 0.15) is 12.2 Å². The largest absolute Gasteiger partial charge is 0.385 e. The Bertz CT molecular complexity index is 734. The van der Waals surface area contributed by atoms with Gasteiger partial charge in [0, 0.05) is 30.2 Å². The fraction of sp³-hybridized carbons (Fsp3) is 0.235. The van der Waals surface area contributed by atoms with E-state index in [1.165, 1.54) is 11.2 Å². The molecule has 0 aliphatic carbocycles. The van der Waals surface area contributed by atoms with Crippen LogP contribution in [0.4, 0.5) is 5.69 Å². The minimum absolute atomic E-state index is 0.955. The van der Waals surface area contributed by atoms with Gasteiger partial charge in [0.1, 0.15) is 5.82 Å². The lowest BCUT2D eigenvalue weighted by Crippen LogP contribution is -2.05. The van der Waals surface area contributed by atoms with E-state index in [-0.39, 0.29) is 0 Å². The average Bonchev–Trinajstić information content (AvgIpc) is 2.80. The molecular weight excluding hydrogens is 326 g/mol. The molecule has 0 unspecified atom stereocenters. The average molecular weight is 344 g/mol. The van der Waals surface area contributed by atoms with Crippen LogP contribution in [0.3, 0.4) is 0 Å². The number of benzene rings is 2. The Balaban J connectivity index is 1.62. The number of para-hydroxylation sites is 1. The number of aryl methyl sites for hydroxylation is 2. The molecule has 0 atom stereocenters. The summed E-state index contributed by atoms with van der Waals surface area (Å²) in [7, 11) is 2.09. The van der Waals surface area contributed by atoms with E-state index >= 15 is 0 Å². The minimum Gasteiger partial charge on any atom is -0.385 e. The van der Waals surface area contributed by atoms with Crippen LogP contribution in [-0.4, -0.2) is 16.1 Å². The van der Waals surface area contributed by atoms with Gasteiger partial charge in [-0.1, -0.05) is 34.1 Å². The van der Waals surface area contributed by atoms with Crippen molar-refractivity contribution < 1.29 is 0 Å². The molecule has 1 aromatic heterocycles. The van der Waals surface area contributed by atoms with Gasteiger partial charge in [-0.3, -0.25) is 0 Å². The molecule has 4 heteroatoms. The predicted molar refractivity (Wildman–Crippen MR) is 91.7 cm³/mol. The molecule has 2 aromatic carbocycles. The molecule has 0 bridgehead atoms. The molecule has 0 aliphatic heterocycles. The van der Waals surface area contributed by atoms with E-state index in [4.69, 9.17) is 4.98 Å². The lowest BCUT2D eigenvalue weighted by atomic mass is 10.2. The van der Waals surface area contributed by atoms with E-state index in [0.717, 1.165) is 35.2 Å². The van der Waals surface area contributed by atoms with Gasteiger partial charge in [-0.25, -0.2) is 4.98 Å². The topological polar surface area (TPSA) is 29.9 Å². The van der Waals surface area contributed by atoms with Crippen molar-refractivity contribution in [2.75, 3.05) is 11.9 Å². The number of fused-ring (bicyclic) bond motifs is 1. The van der Waals surface area contributed by atoms with Crippen molar-refractivity contribution in [3.05, 3.63) is 58.8 Å². The van der Waals surface area contributed by atoms with Gasteiger partial charge in [0.15, 0.2) is 0 Å². The lowest BCUT2D eigenvalue weighted by Gasteiger charge is -2.06. The van der Waals surface area contributed by atoms with E-state index in [2.05, 4.69) is 63.2 Å². The molecule has 0 saturated carbocycles. The summed E-state index contributed by atoms with van der Waals surface area (Å²) < 4.78 is 3.26. The third-order valence-corrected chi connectivity index (χ3v) is 4.11. The third-order valence-electron chi connectivity index (χ3n) is 3.62. The van der Waals surface area contributed by atoms with Crippen molar-refractivity contribution in [2.24, 2.45) is 7.05 Å². The number of anilines is 1. The van der Waals surface area contributed by atoms with E-state index in [1.807, 2.05) is 18.2 Å². The van der Waals surface area contributed by atoms with Crippen molar-refractivity contribution in [1.29, 1.82) is 0 Å². The molecule has 3 aromatic rings. The normalized spacial score (nSPS) is 11.0. The predicted octanol–water partition coefficient (Wildman–Crippen LogP) is 4.38. The molecule has 0 radical (unpaired) electrons. The van der Waals surface area contributed by atoms with Crippen LogP contribution in [0, 0.1) is 0 Å². The Morgan fingerprint density at radius 1 is 1.14 bits per heavy atom. The Morgan fingerprint density at radius 2 is 1.95 bits per heavy atom. The molecular formula is C17H18BrN3. The van der Waals surface area contributed by atoms with E-state index in [1.54, 1.807) is 0 Å². The summed E-state index contributed by atoms with van der Waals surface area (Å²) in [6, 6.07) is 16.5. The second kappa shape index (κ2) is 6.31. The number of hydrogen-bond donors (Lipinski definition) is 1. The molecule has 0 spiro atoms. The first-order valence-electron chi connectivity index (χ1n) is 7.14. The molecule has 0 saturated heterocycles. The lowest BCUT2D eigenvalue weighted by molar-refractivity contribution is 0.753. The fourth-order valence-corrected chi connectivity index (χ4v) is 2.83. The molecule has 3 rings (SSSR count). The van der Waals surface area contributed by atoms with Gasteiger partial charge in [-0.15, -0.1) is 0 Å². The first kappa shape index (κ1) is 14.1. The number of aromatic nitrogens is 2. The fourth-order valence-electron chi connectivity index (χ4n) is 2.48. The number of rotatable bonds is 5. The number of hydrogen-bond acceptors (Lipinski definition) is 2. The number of imidazole rings is 1. The maximum Gasteiger partial charge on any atom is 0.109 e. The third kappa shape index (κ3) is 3.27. The first-order valence-corrected chi connectivity index (χ1v) is 7.93. The number of nitrogens with zero attached hydrogens (tertiary/aromatic N) is 2. The Kier molecular flexibility index (Phi) is 4.25. The number of halogens is 1. The molecule has 3 nitrogen and oxygen atoms in total. The Labute approximate surface area is 133 Å². The van der Waals surface area contributed by atoms with E-state index < -0.39 is 0 Å². The highest BCUT2D eigenvalue weighted by Crippen LogP contribution is 2.20. The first-order chi connectivity index (χ1) is 10.2. The van der Waals surface area contributed by atoms with Crippen molar-refractivity contribution in [3.8, 4) is 0 Å². The molecule has 0 fully saturated rings. The monoisotopic (exact) mass is 343 g/mol. The zero-order valence-electron chi connectivity index (χ0n) is 12.0. The van der Waals surface area contributed by atoms with E-state index in [9.17, 15) is 0 Å². The molecule has 0 aliphatic rings. The van der Waals surface area contributed by atoms with Crippen LogP contribution in [0.5, 0.6) is 0 Å². The van der Waals surface area contributed by atoms with Gasteiger partial charge >= 0.3 is 0 Å². The van der Waals surface area contributed by atoms with Gasteiger partial charge in [0.25, 0.3) is 0 Å². The Morgan fingerprint density at radius 3 is 2.76 bits per heavy atom. The second-order valence-electron chi connectivity index (χ2n) is 5.12. The quantitative estimate of drug-likeness (QED) is 0.696. The standard InChI is InChI=1S/C17H18BrN3/c1-21-16-10-9-13(18)12-15(16)20-17(21)8-5-11-19-14-6-3-2-4-7-14/h2-4,6-7,9-10,12,19H,5,8,11H2,1H3. The van der Waals surface area contributed by atoms with Crippen LogP contribution >= 0.6 is 15.9 Å². The summed E-state index contributed by atoms with van der Waals surface area (Å²) in [5.41, 5.74) is 3.41. The van der Waals surface area contributed by atoms with Crippen molar-refractivity contribution in [3.63, 3.8) is 0 Å². The highest BCUT2D eigenvalue weighted by molar-refractivity contribution is 9.10. The van der Waals surface area contributed by atoms with E-state index in [0.29, 0.717) is 0 Å². The second-order valence-corrected chi connectivity index (χ2v) is 6.03. The minimum atomic E-state index is 0.955. The van der Waals surface area contributed by atoms with Crippen LogP contribution in [0.25, 0.3) is 11.0 Å². The van der Waals surface area contributed by atoms with Gasteiger partial charge in [-0.2, -0.15) is 0 Å². The van der Waals surface area contributed by atoms with Crippen molar-refractivity contribution in [1.82, 2.24) is 9.55 Å². The summed E-state index contributed by atoms with van der Waals surface area (Å²) in [4.78, 5) is 4.72. The molecule has 21 heavy (non-hydrogen) atoms. The van der Waals surface area contributed by atoms with Crippen LogP contribution < -0.4 is 5.32 Å². The summed E-state index contributed by atoms with van der Waals surface area (Å²) in [5.74, 6) is 1.14. The van der Waals surface area contributed by atoms with Gasteiger partial charge in [0.2, 0.25) is 0 Å². The highest BCUT2D eigenvalue weighted by atomic mass is 79.9. The molecule has 1 heterocycles. The smallest absolute Gasteiger partial charge is 0.109 e. The Hall–Kier alpha value is -1.81. The molecule has 108 valence electrons. The molecule has 0 amide bonds. The van der Waals surface area contributed by atoms with Crippen molar-refractivity contribution >= 4 is 32.7 Å². The summed E-state index contributed by atoms with van der Waals surface area (Å²) in [6.45, 7) is 0.955. The number of nitrogens with one attached hydrogen (secondary N) is 1. The van der Waals surface area contributed by atoms with Crippen molar-refractivity contribution in [2.45, 2.75) is 12.8 Å². The van der Waals surface area contributed by atoms with Gasteiger partial charge < -0.3 is 9.88 Å². The zero-order chi connectivity index (χ0) is 14.7. The maximum atomic E-state index is 4.72. The van der Waals surface area contributed by atoms with Crippen LogP contribution in [-0.2, 0) is 13.5 Å². The molecule has 1 N–H and O–H groups in total. The highest BCUT2D eigenvalue weighted by Gasteiger charge is 2.07. The van der Waals surface area contributed by atoms with Gasteiger partial charge in [0.05, 0.1) is 11.0 Å². The summed E-state index contributed by atoms with van der Waals surface area (Å²) in [6.07, 6.45) is 2.04. The maximum absolute atomic E-state index is 4.72. The SMILES string of the molecule is Cn1c(CCCNc2ccccc2)nc2cc(Br)ccc21.